The first kappa shape index (κ1) is 18.9. The van der Waals surface area contributed by atoms with E-state index in [4.69, 9.17) is 0 Å². The van der Waals surface area contributed by atoms with E-state index in [0.29, 0.717) is 24.0 Å². The third kappa shape index (κ3) is 3.76. The smallest absolute Gasteiger partial charge is 0.251 e. The first-order valence-electron chi connectivity index (χ1n) is 9.59. The third-order valence-corrected chi connectivity index (χ3v) is 5.21. The number of benzene rings is 2. The van der Waals surface area contributed by atoms with Crippen LogP contribution in [0.4, 0.5) is 4.39 Å². The Morgan fingerprint density at radius 2 is 1.93 bits per heavy atom. The van der Waals surface area contributed by atoms with Crippen LogP contribution in [-0.4, -0.2) is 22.4 Å². The SMILES string of the molecule is Cc1[nH]c2c(F)ccc(C)c2c1CCNC(=O)c1cccc(-c2cccnc2)c1. The molecular formula is C24H22FN3O. The van der Waals surface area contributed by atoms with Gasteiger partial charge in [-0.25, -0.2) is 4.39 Å². The van der Waals surface area contributed by atoms with Crippen LogP contribution >= 0.6 is 0 Å². The zero-order valence-electron chi connectivity index (χ0n) is 16.4. The number of aromatic nitrogens is 2. The molecule has 0 saturated carbocycles. The van der Waals surface area contributed by atoms with Gasteiger partial charge in [-0.15, -0.1) is 0 Å². The van der Waals surface area contributed by atoms with E-state index < -0.39 is 0 Å². The van der Waals surface area contributed by atoms with Gasteiger partial charge in [0, 0.05) is 41.1 Å². The molecule has 2 N–H and O–H groups in total. The number of halogens is 1. The summed E-state index contributed by atoms with van der Waals surface area (Å²) in [5.41, 5.74) is 6.05. The number of carbonyl (C=O) groups is 1. The number of nitrogens with one attached hydrogen (secondary N) is 2. The lowest BCUT2D eigenvalue weighted by atomic mass is 10.0. The van der Waals surface area contributed by atoms with Gasteiger partial charge in [0.05, 0.1) is 5.52 Å². The van der Waals surface area contributed by atoms with E-state index in [-0.39, 0.29) is 11.7 Å². The molecule has 2 heterocycles. The molecule has 0 aliphatic carbocycles. The molecule has 0 aliphatic rings. The molecular weight excluding hydrogens is 365 g/mol. The second kappa shape index (κ2) is 7.87. The van der Waals surface area contributed by atoms with Crippen LogP contribution in [0.25, 0.3) is 22.0 Å². The Morgan fingerprint density at radius 1 is 1.10 bits per heavy atom. The Morgan fingerprint density at radius 3 is 2.72 bits per heavy atom. The van der Waals surface area contributed by atoms with E-state index in [1.165, 1.54) is 6.07 Å². The minimum absolute atomic E-state index is 0.129. The molecule has 0 atom stereocenters. The average Bonchev–Trinajstić information content (AvgIpc) is 3.09. The number of H-pyrrole nitrogens is 1. The number of aromatic amines is 1. The predicted molar refractivity (Wildman–Crippen MR) is 113 cm³/mol. The van der Waals surface area contributed by atoms with Crippen LogP contribution in [-0.2, 0) is 6.42 Å². The zero-order chi connectivity index (χ0) is 20.4. The highest BCUT2D eigenvalue weighted by molar-refractivity contribution is 5.95. The van der Waals surface area contributed by atoms with Gasteiger partial charge in [0.15, 0.2) is 0 Å². The van der Waals surface area contributed by atoms with Crippen molar-refractivity contribution in [2.75, 3.05) is 6.54 Å². The summed E-state index contributed by atoms with van der Waals surface area (Å²) in [5, 5.41) is 3.89. The number of aryl methyl sites for hydroxylation is 2. The molecule has 146 valence electrons. The fourth-order valence-electron chi connectivity index (χ4n) is 3.73. The van der Waals surface area contributed by atoms with Gasteiger partial charge >= 0.3 is 0 Å². The Kier molecular flexibility index (Phi) is 5.12. The largest absolute Gasteiger partial charge is 0.356 e. The fraction of sp³-hybridized carbons (Fsp3) is 0.167. The Labute approximate surface area is 168 Å². The molecule has 2 aromatic carbocycles. The van der Waals surface area contributed by atoms with Gasteiger partial charge < -0.3 is 10.3 Å². The number of carbonyl (C=O) groups excluding carboxylic acids is 1. The molecule has 0 radical (unpaired) electrons. The normalized spacial score (nSPS) is 11.0. The van der Waals surface area contributed by atoms with E-state index >= 15 is 0 Å². The molecule has 1 amide bonds. The molecule has 2 aromatic heterocycles. The van der Waals surface area contributed by atoms with Gasteiger partial charge in [-0.1, -0.05) is 24.3 Å². The van der Waals surface area contributed by atoms with Gasteiger partial charge in [-0.2, -0.15) is 0 Å². The van der Waals surface area contributed by atoms with Crippen molar-refractivity contribution in [2.45, 2.75) is 20.3 Å². The van der Waals surface area contributed by atoms with Crippen molar-refractivity contribution in [2.24, 2.45) is 0 Å². The third-order valence-electron chi connectivity index (χ3n) is 5.21. The molecule has 0 fully saturated rings. The average molecular weight is 387 g/mol. The van der Waals surface area contributed by atoms with Gasteiger partial charge in [-0.05, 0) is 61.2 Å². The minimum Gasteiger partial charge on any atom is -0.356 e. The van der Waals surface area contributed by atoms with Crippen LogP contribution in [0, 0.1) is 19.7 Å². The maximum atomic E-state index is 14.1. The highest BCUT2D eigenvalue weighted by Gasteiger charge is 2.14. The maximum Gasteiger partial charge on any atom is 0.251 e. The highest BCUT2D eigenvalue weighted by Crippen LogP contribution is 2.28. The lowest BCUT2D eigenvalue weighted by molar-refractivity contribution is 0.0954. The van der Waals surface area contributed by atoms with E-state index in [2.05, 4.69) is 15.3 Å². The first-order valence-corrected chi connectivity index (χ1v) is 9.59. The van der Waals surface area contributed by atoms with Gasteiger partial charge in [0.25, 0.3) is 5.91 Å². The van der Waals surface area contributed by atoms with Crippen molar-refractivity contribution in [3.8, 4) is 11.1 Å². The number of nitrogens with zero attached hydrogens (tertiary/aromatic N) is 1. The molecule has 0 spiro atoms. The number of pyridine rings is 1. The molecule has 4 nitrogen and oxygen atoms in total. The van der Waals surface area contributed by atoms with Gasteiger partial charge in [-0.3, -0.25) is 9.78 Å². The van der Waals surface area contributed by atoms with Crippen LogP contribution < -0.4 is 5.32 Å². The topological polar surface area (TPSA) is 57.8 Å². The second-order valence-corrected chi connectivity index (χ2v) is 7.17. The van der Waals surface area contributed by atoms with Crippen LogP contribution in [0.5, 0.6) is 0 Å². The maximum absolute atomic E-state index is 14.1. The molecule has 29 heavy (non-hydrogen) atoms. The highest BCUT2D eigenvalue weighted by atomic mass is 19.1. The molecule has 0 saturated heterocycles. The van der Waals surface area contributed by atoms with Crippen molar-refractivity contribution in [3.63, 3.8) is 0 Å². The summed E-state index contributed by atoms with van der Waals surface area (Å²) in [6.07, 6.45) is 4.13. The van der Waals surface area contributed by atoms with Crippen molar-refractivity contribution < 1.29 is 9.18 Å². The van der Waals surface area contributed by atoms with E-state index in [1.54, 1.807) is 24.5 Å². The molecule has 0 unspecified atom stereocenters. The summed E-state index contributed by atoms with van der Waals surface area (Å²) < 4.78 is 14.1. The lowest BCUT2D eigenvalue weighted by Gasteiger charge is -2.08. The van der Waals surface area contributed by atoms with Crippen molar-refractivity contribution in [1.82, 2.24) is 15.3 Å². The van der Waals surface area contributed by atoms with Crippen molar-refractivity contribution in [1.29, 1.82) is 0 Å². The Hall–Kier alpha value is -3.47. The van der Waals surface area contributed by atoms with Crippen molar-refractivity contribution in [3.05, 3.63) is 89.1 Å². The van der Waals surface area contributed by atoms with Crippen LogP contribution in [0.3, 0.4) is 0 Å². The predicted octanol–water partition coefficient (Wildman–Crippen LogP) is 4.96. The van der Waals surface area contributed by atoms with E-state index in [9.17, 15) is 9.18 Å². The van der Waals surface area contributed by atoms with Crippen molar-refractivity contribution >= 4 is 16.8 Å². The summed E-state index contributed by atoms with van der Waals surface area (Å²) in [6.45, 7) is 4.38. The Bertz CT molecular complexity index is 1180. The summed E-state index contributed by atoms with van der Waals surface area (Å²) in [6, 6.07) is 14.6. The first-order chi connectivity index (χ1) is 14.0. The minimum atomic E-state index is -0.254. The monoisotopic (exact) mass is 387 g/mol. The summed E-state index contributed by atoms with van der Waals surface area (Å²) in [4.78, 5) is 19.9. The molecule has 0 aliphatic heterocycles. The molecule has 4 rings (SSSR count). The van der Waals surface area contributed by atoms with E-state index in [1.807, 2.05) is 44.2 Å². The number of hydrogen-bond acceptors (Lipinski definition) is 2. The number of amides is 1. The lowest BCUT2D eigenvalue weighted by Crippen LogP contribution is -2.25. The molecule has 5 heteroatoms. The van der Waals surface area contributed by atoms with Crippen LogP contribution in [0.2, 0.25) is 0 Å². The Balaban J connectivity index is 1.48. The van der Waals surface area contributed by atoms with Crippen LogP contribution in [0.1, 0.15) is 27.2 Å². The zero-order valence-corrected chi connectivity index (χ0v) is 16.4. The van der Waals surface area contributed by atoms with Crippen LogP contribution in [0.15, 0.2) is 60.9 Å². The number of rotatable bonds is 5. The fourth-order valence-corrected chi connectivity index (χ4v) is 3.73. The number of fused-ring (bicyclic) bond motifs is 1. The molecule has 4 aromatic rings. The standard InChI is InChI=1S/C24H22FN3O/c1-15-8-9-21(25)23-22(15)20(16(2)28-23)10-12-27-24(29)18-6-3-5-17(13-18)19-7-4-11-26-14-19/h3-9,11,13-14,28H,10,12H2,1-2H3,(H,27,29). The van der Waals surface area contributed by atoms with Gasteiger partial charge in [0.1, 0.15) is 5.82 Å². The van der Waals surface area contributed by atoms with Gasteiger partial charge in [0.2, 0.25) is 0 Å². The summed E-state index contributed by atoms with van der Waals surface area (Å²) in [5.74, 6) is -0.382. The quantitative estimate of drug-likeness (QED) is 0.509. The summed E-state index contributed by atoms with van der Waals surface area (Å²) >= 11 is 0. The summed E-state index contributed by atoms with van der Waals surface area (Å²) in [7, 11) is 0. The second-order valence-electron chi connectivity index (χ2n) is 7.17. The van der Waals surface area contributed by atoms with E-state index in [0.717, 1.165) is 33.3 Å². The molecule has 0 bridgehead atoms. The number of hydrogen-bond donors (Lipinski definition) is 2.